The summed E-state index contributed by atoms with van der Waals surface area (Å²) in [6.45, 7) is 4.11. The summed E-state index contributed by atoms with van der Waals surface area (Å²) in [5.74, 6) is 0. The van der Waals surface area contributed by atoms with Crippen molar-refractivity contribution in [2.24, 2.45) is 0 Å². The number of halogens is 1. The molecule has 27 heavy (non-hydrogen) atoms. The van der Waals surface area contributed by atoms with Gasteiger partial charge in [0.2, 0.25) is 0 Å². The van der Waals surface area contributed by atoms with Crippen LogP contribution >= 0.6 is 15.9 Å². The minimum Gasteiger partial charge on any atom is -0.463 e. The van der Waals surface area contributed by atoms with Gasteiger partial charge in [0.15, 0.2) is 0 Å². The van der Waals surface area contributed by atoms with Crippen LogP contribution in [0.3, 0.4) is 0 Å². The van der Waals surface area contributed by atoms with Crippen molar-refractivity contribution in [1.29, 1.82) is 5.26 Å². The first-order valence-corrected chi connectivity index (χ1v) is 9.42. The largest absolute Gasteiger partial charge is 0.463 e. The molecular weight excluding hydrogens is 408 g/mol. The fraction of sp³-hybridized carbons (Fsp3) is 0.300. The first-order valence-electron chi connectivity index (χ1n) is 8.63. The molecule has 138 valence electrons. The zero-order chi connectivity index (χ0) is 19.4. The summed E-state index contributed by atoms with van der Waals surface area (Å²) in [5, 5.41) is 10.7. The lowest BCUT2D eigenvalue weighted by Gasteiger charge is -2.22. The van der Waals surface area contributed by atoms with E-state index in [1.807, 2.05) is 38.1 Å². The van der Waals surface area contributed by atoms with E-state index in [9.17, 15) is 10.1 Å². The fourth-order valence-electron chi connectivity index (χ4n) is 2.84. The van der Waals surface area contributed by atoms with Crippen molar-refractivity contribution >= 4 is 26.8 Å². The summed E-state index contributed by atoms with van der Waals surface area (Å²) in [7, 11) is 0. The van der Waals surface area contributed by atoms with Crippen molar-refractivity contribution in [3.63, 3.8) is 0 Å². The minimum absolute atomic E-state index is 0.0865. The van der Waals surface area contributed by atoms with Crippen LogP contribution in [0.15, 0.2) is 45.9 Å². The molecule has 0 radical (unpaired) electrons. The topological polar surface area (TPSA) is 91.7 Å². The third-order valence-electron chi connectivity index (χ3n) is 4.62. The van der Waals surface area contributed by atoms with Gasteiger partial charge >= 0.3 is 6.01 Å². The lowest BCUT2D eigenvalue weighted by molar-refractivity contribution is 0.264. The average Bonchev–Trinajstić information content (AvgIpc) is 2.68. The van der Waals surface area contributed by atoms with Crippen molar-refractivity contribution < 1.29 is 4.74 Å². The number of hydrogen-bond acceptors (Lipinski definition) is 5. The summed E-state index contributed by atoms with van der Waals surface area (Å²) in [4.78, 5) is 23.1. The van der Waals surface area contributed by atoms with Crippen LogP contribution in [0.1, 0.15) is 31.4 Å². The fourth-order valence-corrected chi connectivity index (χ4v) is 3.04. The van der Waals surface area contributed by atoms with Gasteiger partial charge in [-0.2, -0.15) is 5.26 Å². The molecule has 3 rings (SSSR count). The number of ether oxygens (including phenoxy) is 1. The summed E-state index contributed by atoms with van der Waals surface area (Å²) < 4.78 is 6.34. The van der Waals surface area contributed by atoms with Gasteiger partial charge in [-0.3, -0.25) is 4.79 Å². The number of aryl methyl sites for hydroxylation is 1. The zero-order valence-electron chi connectivity index (χ0n) is 15.1. The Labute approximate surface area is 165 Å². The summed E-state index contributed by atoms with van der Waals surface area (Å²) in [5.41, 5.74) is 1.47. The Balaban J connectivity index is 1.81. The van der Waals surface area contributed by atoms with E-state index in [2.05, 4.69) is 37.0 Å². The van der Waals surface area contributed by atoms with Crippen LogP contribution < -0.4 is 10.3 Å². The molecule has 2 heterocycles. The Morgan fingerprint density at radius 1 is 1.30 bits per heavy atom. The van der Waals surface area contributed by atoms with Crippen molar-refractivity contribution in [1.82, 2.24) is 15.0 Å². The molecule has 2 aromatic heterocycles. The molecule has 6 nitrogen and oxygen atoms in total. The van der Waals surface area contributed by atoms with Crippen LogP contribution in [0.4, 0.5) is 0 Å². The monoisotopic (exact) mass is 426 g/mol. The molecule has 0 bridgehead atoms. The third kappa shape index (κ3) is 4.17. The minimum atomic E-state index is -0.760. The molecule has 0 saturated carbocycles. The number of benzene rings is 1. The summed E-state index contributed by atoms with van der Waals surface area (Å²) >= 11 is 3.27. The van der Waals surface area contributed by atoms with E-state index in [0.29, 0.717) is 19.4 Å². The lowest BCUT2D eigenvalue weighted by Crippen LogP contribution is -2.23. The van der Waals surface area contributed by atoms with E-state index < -0.39 is 5.41 Å². The van der Waals surface area contributed by atoms with Crippen LogP contribution in [0.5, 0.6) is 6.01 Å². The number of nitriles is 1. The molecule has 0 saturated heterocycles. The Morgan fingerprint density at radius 3 is 2.70 bits per heavy atom. The predicted molar refractivity (Wildman–Crippen MR) is 107 cm³/mol. The molecular formula is C20H19BrN4O2. The zero-order valence-corrected chi connectivity index (χ0v) is 16.7. The Kier molecular flexibility index (Phi) is 5.57. The van der Waals surface area contributed by atoms with Crippen molar-refractivity contribution in [2.45, 2.75) is 32.1 Å². The van der Waals surface area contributed by atoms with Crippen LogP contribution in [-0.2, 0) is 11.8 Å². The maximum absolute atomic E-state index is 12.1. The molecule has 1 unspecified atom stereocenters. The Hall–Kier alpha value is -2.72. The van der Waals surface area contributed by atoms with E-state index in [1.54, 1.807) is 12.4 Å². The SMILES string of the molecule is CCc1cc2ccc(C(C)(C#N)CCOc3ncc(Br)cn3)cc2[nH]c1=O. The van der Waals surface area contributed by atoms with Gasteiger partial charge in [0.1, 0.15) is 0 Å². The number of aromatic amines is 1. The first kappa shape index (κ1) is 19.1. The molecule has 0 aliphatic heterocycles. The number of pyridine rings is 1. The lowest BCUT2D eigenvalue weighted by atomic mass is 9.81. The van der Waals surface area contributed by atoms with Gasteiger partial charge in [-0.05, 0) is 52.4 Å². The first-order chi connectivity index (χ1) is 12.9. The number of rotatable bonds is 6. The van der Waals surface area contributed by atoms with Crippen molar-refractivity contribution in [3.05, 3.63) is 62.6 Å². The van der Waals surface area contributed by atoms with Gasteiger partial charge in [0, 0.05) is 29.9 Å². The van der Waals surface area contributed by atoms with Crippen molar-refractivity contribution in [3.8, 4) is 12.1 Å². The van der Waals surface area contributed by atoms with Crippen LogP contribution in [0.2, 0.25) is 0 Å². The highest BCUT2D eigenvalue weighted by atomic mass is 79.9. The van der Waals surface area contributed by atoms with Crippen LogP contribution in [-0.4, -0.2) is 21.6 Å². The van der Waals surface area contributed by atoms with E-state index in [1.165, 1.54) is 0 Å². The second-order valence-electron chi connectivity index (χ2n) is 6.51. The number of aromatic nitrogens is 3. The number of hydrogen-bond donors (Lipinski definition) is 1. The quantitative estimate of drug-likeness (QED) is 0.645. The number of nitrogens with one attached hydrogen (secondary N) is 1. The molecule has 3 aromatic rings. The highest BCUT2D eigenvalue weighted by Gasteiger charge is 2.27. The molecule has 0 amide bonds. The molecule has 1 N–H and O–H groups in total. The highest BCUT2D eigenvalue weighted by Crippen LogP contribution is 2.29. The standard InChI is InChI=1S/C20H19BrN4O2/c1-3-13-8-14-4-5-15(9-17(14)25-18(13)26)20(2,12-22)6-7-27-19-23-10-16(21)11-24-19/h4-5,8-11H,3,6-7H2,1-2H3,(H,25,26). The number of H-pyrrole nitrogens is 1. The highest BCUT2D eigenvalue weighted by molar-refractivity contribution is 9.10. The maximum Gasteiger partial charge on any atom is 0.316 e. The van der Waals surface area contributed by atoms with Gasteiger partial charge in [0.25, 0.3) is 5.56 Å². The molecule has 0 fully saturated rings. The van der Waals surface area contributed by atoms with Gasteiger partial charge in [-0.15, -0.1) is 0 Å². The van der Waals surface area contributed by atoms with Gasteiger partial charge in [-0.25, -0.2) is 9.97 Å². The average molecular weight is 427 g/mol. The third-order valence-corrected chi connectivity index (χ3v) is 5.03. The van der Waals surface area contributed by atoms with Gasteiger partial charge < -0.3 is 9.72 Å². The molecule has 0 spiro atoms. The van der Waals surface area contributed by atoms with Gasteiger partial charge in [0.05, 0.1) is 22.6 Å². The van der Waals surface area contributed by atoms with Crippen LogP contribution in [0.25, 0.3) is 10.9 Å². The van der Waals surface area contributed by atoms with Crippen LogP contribution in [0, 0.1) is 11.3 Å². The smallest absolute Gasteiger partial charge is 0.316 e. The number of fused-ring (bicyclic) bond motifs is 1. The molecule has 1 atom stereocenters. The molecule has 0 aliphatic rings. The van der Waals surface area contributed by atoms with E-state index >= 15 is 0 Å². The molecule has 1 aromatic carbocycles. The summed E-state index contributed by atoms with van der Waals surface area (Å²) in [6.07, 6.45) is 4.36. The number of nitrogens with zero attached hydrogens (tertiary/aromatic N) is 3. The second kappa shape index (κ2) is 7.89. The normalized spacial score (nSPS) is 13.1. The van der Waals surface area contributed by atoms with Gasteiger partial charge in [-0.1, -0.05) is 19.1 Å². The van der Waals surface area contributed by atoms with E-state index in [-0.39, 0.29) is 11.6 Å². The maximum atomic E-state index is 12.1. The Morgan fingerprint density at radius 2 is 2.04 bits per heavy atom. The van der Waals surface area contributed by atoms with Crippen molar-refractivity contribution in [2.75, 3.05) is 6.61 Å². The summed E-state index contributed by atoms with van der Waals surface area (Å²) in [6, 6.07) is 10.3. The predicted octanol–water partition coefficient (Wildman–Crippen LogP) is 3.89. The molecule has 0 aliphatic carbocycles. The Bertz CT molecular complexity index is 1060. The molecule has 7 heteroatoms. The second-order valence-corrected chi connectivity index (χ2v) is 7.42. The van der Waals surface area contributed by atoms with E-state index in [0.717, 1.165) is 26.5 Å². The van der Waals surface area contributed by atoms with E-state index in [4.69, 9.17) is 4.74 Å².